The van der Waals surface area contributed by atoms with Gasteiger partial charge in [0.05, 0.1) is 17.6 Å². The molecular formula is C22H15F5N4O2. The molecule has 1 amide bonds. The van der Waals surface area contributed by atoms with Gasteiger partial charge in [0, 0.05) is 5.56 Å². The third kappa shape index (κ3) is 4.61. The molecule has 33 heavy (non-hydrogen) atoms. The van der Waals surface area contributed by atoms with E-state index in [0.717, 1.165) is 28.9 Å². The molecule has 11 heteroatoms. The zero-order chi connectivity index (χ0) is 23.7. The third-order valence-electron chi connectivity index (χ3n) is 4.71. The molecule has 0 saturated heterocycles. The van der Waals surface area contributed by atoms with Crippen LogP contribution in [-0.2, 0) is 0 Å². The van der Waals surface area contributed by atoms with Crippen molar-refractivity contribution in [2.75, 3.05) is 5.32 Å². The van der Waals surface area contributed by atoms with Gasteiger partial charge >= 0.3 is 6.61 Å². The number of carbonyl (C=O) groups is 1. The van der Waals surface area contributed by atoms with Gasteiger partial charge in [-0.3, -0.25) is 4.79 Å². The molecule has 0 spiro atoms. The lowest BCUT2D eigenvalue weighted by Gasteiger charge is -2.12. The standard InChI is InChI=1S/C22H15F5N4O2/c1-11-2-7-15(18(8-11)33-22(26)27)30-21(32)14-10-28-31-17(19(24)25)9-16(29-20(14)31)12-3-5-13(23)6-4-12/h2-10,19,22H,1H3,(H,30,32). The molecule has 4 rings (SSSR count). The first-order valence-corrected chi connectivity index (χ1v) is 9.52. The number of rotatable bonds is 6. The number of carbonyl (C=O) groups excluding carboxylic acids is 1. The molecule has 0 saturated carbocycles. The monoisotopic (exact) mass is 462 g/mol. The van der Waals surface area contributed by atoms with Gasteiger partial charge in [-0.15, -0.1) is 0 Å². The van der Waals surface area contributed by atoms with Crippen molar-refractivity contribution < 1.29 is 31.5 Å². The third-order valence-corrected chi connectivity index (χ3v) is 4.71. The average molecular weight is 462 g/mol. The summed E-state index contributed by atoms with van der Waals surface area (Å²) in [7, 11) is 0. The number of alkyl halides is 4. The van der Waals surface area contributed by atoms with Crippen LogP contribution in [0.4, 0.5) is 27.6 Å². The number of nitrogens with zero attached hydrogens (tertiary/aromatic N) is 3. The Labute approximate surface area is 183 Å². The Balaban J connectivity index is 1.77. The highest BCUT2D eigenvalue weighted by molar-refractivity contribution is 6.08. The van der Waals surface area contributed by atoms with Crippen LogP contribution < -0.4 is 10.1 Å². The summed E-state index contributed by atoms with van der Waals surface area (Å²) in [4.78, 5) is 17.2. The van der Waals surface area contributed by atoms with Crippen LogP contribution in [0.2, 0.25) is 0 Å². The number of halogens is 5. The number of aromatic nitrogens is 3. The number of aryl methyl sites for hydroxylation is 1. The van der Waals surface area contributed by atoms with Crippen molar-refractivity contribution in [3.8, 4) is 17.0 Å². The summed E-state index contributed by atoms with van der Waals surface area (Å²) in [5.41, 5.74) is 0.0951. The zero-order valence-corrected chi connectivity index (χ0v) is 16.9. The van der Waals surface area contributed by atoms with Gasteiger partial charge in [0.1, 0.15) is 22.8 Å². The van der Waals surface area contributed by atoms with Crippen molar-refractivity contribution in [2.45, 2.75) is 20.0 Å². The molecule has 0 atom stereocenters. The van der Waals surface area contributed by atoms with Gasteiger partial charge in [-0.05, 0) is 55.0 Å². The molecule has 2 heterocycles. The second-order valence-corrected chi connectivity index (χ2v) is 7.00. The molecule has 2 aromatic carbocycles. The van der Waals surface area contributed by atoms with Crippen LogP contribution in [-0.4, -0.2) is 27.1 Å². The molecule has 0 fully saturated rings. The number of ether oxygens (including phenoxy) is 1. The first-order chi connectivity index (χ1) is 15.7. The SMILES string of the molecule is Cc1ccc(NC(=O)c2cnn3c(C(F)F)cc(-c4ccc(F)cc4)nc23)c(OC(F)F)c1. The van der Waals surface area contributed by atoms with E-state index in [2.05, 4.69) is 20.1 Å². The van der Waals surface area contributed by atoms with Gasteiger partial charge in [-0.2, -0.15) is 13.9 Å². The van der Waals surface area contributed by atoms with E-state index in [4.69, 9.17) is 0 Å². The van der Waals surface area contributed by atoms with Crippen molar-refractivity contribution in [3.05, 3.63) is 77.4 Å². The van der Waals surface area contributed by atoms with Gasteiger partial charge in [-0.1, -0.05) is 6.07 Å². The molecule has 4 aromatic rings. The summed E-state index contributed by atoms with van der Waals surface area (Å²) < 4.78 is 71.4. The van der Waals surface area contributed by atoms with Crippen LogP contribution in [0.25, 0.3) is 16.9 Å². The van der Waals surface area contributed by atoms with E-state index in [1.54, 1.807) is 13.0 Å². The first kappa shape index (κ1) is 22.2. The number of benzene rings is 2. The van der Waals surface area contributed by atoms with Crippen molar-refractivity contribution in [1.29, 1.82) is 0 Å². The summed E-state index contributed by atoms with van der Waals surface area (Å²) in [6.45, 7) is -1.46. The van der Waals surface area contributed by atoms with E-state index in [1.165, 1.54) is 24.3 Å². The van der Waals surface area contributed by atoms with E-state index in [-0.39, 0.29) is 28.3 Å². The Kier molecular flexibility index (Phi) is 5.95. The minimum atomic E-state index is -3.12. The van der Waals surface area contributed by atoms with Crippen LogP contribution in [0.3, 0.4) is 0 Å². The largest absolute Gasteiger partial charge is 0.433 e. The first-order valence-electron chi connectivity index (χ1n) is 9.52. The number of fused-ring (bicyclic) bond motifs is 1. The molecule has 0 aliphatic rings. The number of hydrogen-bond donors (Lipinski definition) is 1. The summed E-state index contributed by atoms with van der Waals surface area (Å²) >= 11 is 0. The van der Waals surface area contributed by atoms with E-state index in [0.29, 0.717) is 11.1 Å². The van der Waals surface area contributed by atoms with Gasteiger partial charge in [0.15, 0.2) is 5.65 Å². The topological polar surface area (TPSA) is 68.5 Å². The van der Waals surface area contributed by atoms with Crippen molar-refractivity contribution in [1.82, 2.24) is 14.6 Å². The Morgan fingerprint density at radius 3 is 2.45 bits per heavy atom. The number of hydrogen-bond acceptors (Lipinski definition) is 4. The van der Waals surface area contributed by atoms with E-state index in [9.17, 15) is 26.7 Å². The summed E-state index contributed by atoms with van der Waals surface area (Å²) in [5.74, 6) is -1.60. The van der Waals surface area contributed by atoms with Crippen LogP contribution in [0.15, 0.2) is 54.7 Å². The number of nitrogens with one attached hydrogen (secondary N) is 1. The second-order valence-electron chi connectivity index (χ2n) is 7.00. The molecule has 0 radical (unpaired) electrons. The Hall–Kier alpha value is -4.02. The number of amides is 1. The Bertz CT molecular complexity index is 1320. The fourth-order valence-corrected chi connectivity index (χ4v) is 3.19. The molecule has 0 unspecified atom stereocenters. The molecule has 0 bridgehead atoms. The number of anilines is 1. The Morgan fingerprint density at radius 1 is 1.06 bits per heavy atom. The van der Waals surface area contributed by atoms with Gasteiger partial charge in [-0.25, -0.2) is 22.7 Å². The van der Waals surface area contributed by atoms with Crippen LogP contribution in [0.5, 0.6) is 5.75 Å². The fourth-order valence-electron chi connectivity index (χ4n) is 3.19. The predicted octanol–water partition coefficient (Wildman–Crippen LogP) is 5.64. The van der Waals surface area contributed by atoms with Crippen LogP contribution >= 0.6 is 0 Å². The van der Waals surface area contributed by atoms with Crippen LogP contribution in [0, 0.1) is 12.7 Å². The van der Waals surface area contributed by atoms with Crippen molar-refractivity contribution in [3.63, 3.8) is 0 Å². The minimum absolute atomic E-state index is 0.0472. The van der Waals surface area contributed by atoms with Gasteiger partial charge < -0.3 is 10.1 Å². The van der Waals surface area contributed by atoms with E-state index < -0.39 is 30.5 Å². The summed E-state index contributed by atoms with van der Waals surface area (Å²) in [6, 6.07) is 10.4. The molecular weight excluding hydrogens is 447 g/mol. The lowest BCUT2D eigenvalue weighted by molar-refractivity contribution is -0.0494. The van der Waals surface area contributed by atoms with Gasteiger partial charge in [0.25, 0.3) is 12.3 Å². The molecule has 6 nitrogen and oxygen atoms in total. The summed E-state index contributed by atoms with van der Waals surface area (Å²) in [6.07, 6.45) is -1.91. The maximum atomic E-state index is 13.7. The van der Waals surface area contributed by atoms with Crippen molar-refractivity contribution in [2.24, 2.45) is 0 Å². The predicted molar refractivity (Wildman–Crippen MR) is 109 cm³/mol. The highest BCUT2D eigenvalue weighted by atomic mass is 19.3. The molecule has 0 aliphatic heterocycles. The quantitative estimate of drug-likeness (QED) is 0.377. The minimum Gasteiger partial charge on any atom is -0.433 e. The highest BCUT2D eigenvalue weighted by Gasteiger charge is 2.22. The average Bonchev–Trinajstić information content (AvgIpc) is 3.19. The fraction of sp³-hybridized carbons (Fsp3) is 0.136. The van der Waals surface area contributed by atoms with E-state index >= 15 is 0 Å². The van der Waals surface area contributed by atoms with Gasteiger partial charge in [0.2, 0.25) is 0 Å². The molecule has 2 aromatic heterocycles. The van der Waals surface area contributed by atoms with Crippen molar-refractivity contribution >= 4 is 17.2 Å². The zero-order valence-electron chi connectivity index (χ0n) is 16.9. The molecule has 170 valence electrons. The molecule has 1 N–H and O–H groups in total. The second kappa shape index (κ2) is 8.85. The van der Waals surface area contributed by atoms with E-state index in [1.807, 2.05) is 0 Å². The molecule has 0 aliphatic carbocycles. The normalized spacial score (nSPS) is 11.4. The lowest BCUT2D eigenvalue weighted by Crippen LogP contribution is -2.14. The highest BCUT2D eigenvalue weighted by Crippen LogP contribution is 2.30. The lowest BCUT2D eigenvalue weighted by atomic mass is 10.1. The summed E-state index contributed by atoms with van der Waals surface area (Å²) in [5, 5.41) is 6.26. The maximum absolute atomic E-state index is 13.7. The Morgan fingerprint density at radius 2 is 1.79 bits per heavy atom. The maximum Gasteiger partial charge on any atom is 0.387 e. The van der Waals surface area contributed by atoms with Crippen LogP contribution in [0.1, 0.15) is 28.0 Å². The smallest absolute Gasteiger partial charge is 0.387 e.